The Bertz CT molecular complexity index is 761. The average molecular weight is 348 g/mol. The number of amides is 1. The Balaban J connectivity index is 1.76. The lowest BCUT2D eigenvalue weighted by molar-refractivity contribution is -0.116. The zero-order valence-corrected chi connectivity index (χ0v) is 14.9. The lowest BCUT2D eigenvalue weighted by Crippen LogP contribution is -2.43. The first-order valence-corrected chi connectivity index (χ1v) is 9.11. The van der Waals surface area contributed by atoms with Crippen LogP contribution in [0.1, 0.15) is 31.7 Å². The van der Waals surface area contributed by atoms with Crippen molar-refractivity contribution < 1.29 is 9.18 Å². The van der Waals surface area contributed by atoms with Crippen molar-refractivity contribution >= 4 is 23.4 Å². The molecule has 1 aromatic heterocycles. The van der Waals surface area contributed by atoms with E-state index in [1.807, 2.05) is 25.5 Å². The molecule has 7 heteroatoms. The van der Waals surface area contributed by atoms with Gasteiger partial charge in [0.25, 0.3) is 0 Å². The number of hydrogen-bond donors (Lipinski definition) is 0. The van der Waals surface area contributed by atoms with Gasteiger partial charge in [0.05, 0.1) is 5.75 Å². The third-order valence-corrected chi connectivity index (χ3v) is 5.41. The number of halogens is 1. The van der Waals surface area contributed by atoms with Crippen molar-refractivity contribution in [1.29, 1.82) is 0 Å². The predicted octanol–water partition coefficient (Wildman–Crippen LogP) is 2.98. The fourth-order valence-corrected chi connectivity index (χ4v) is 3.86. The van der Waals surface area contributed by atoms with E-state index in [2.05, 4.69) is 10.2 Å². The largest absolute Gasteiger partial charge is 0.309 e. The molecular weight excluding hydrogens is 327 g/mol. The molecule has 24 heavy (non-hydrogen) atoms. The molecule has 0 unspecified atom stereocenters. The zero-order valence-electron chi connectivity index (χ0n) is 14.1. The second kappa shape index (κ2) is 6.93. The van der Waals surface area contributed by atoms with Crippen LogP contribution in [-0.4, -0.2) is 32.5 Å². The van der Waals surface area contributed by atoms with E-state index in [9.17, 15) is 9.18 Å². The van der Waals surface area contributed by atoms with Gasteiger partial charge in [-0.3, -0.25) is 4.79 Å². The number of carbonyl (C=O) groups excluding carboxylic acids is 1. The first kappa shape index (κ1) is 17.0. The number of fused-ring (bicyclic) bond motifs is 1. The molecule has 1 amide bonds. The van der Waals surface area contributed by atoms with Crippen molar-refractivity contribution in [3.63, 3.8) is 0 Å². The van der Waals surface area contributed by atoms with Gasteiger partial charge >= 0.3 is 0 Å². The molecule has 0 spiro atoms. The molecule has 5 nitrogen and oxygen atoms in total. The average Bonchev–Trinajstić information content (AvgIpc) is 2.92. The Labute approximate surface area is 145 Å². The molecule has 0 bridgehead atoms. The van der Waals surface area contributed by atoms with Crippen LogP contribution in [0, 0.1) is 5.82 Å². The molecule has 0 N–H and O–H groups in total. The molecule has 0 saturated carbocycles. The topological polar surface area (TPSA) is 51.0 Å². The summed E-state index contributed by atoms with van der Waals surface area (Å²) in [6.45, 7) is 4.06. The number of anilines is 1. The minimum absolute atomic E-state index is 0.0149. The maximum Gasteiger partial charge on any atom is 0.237 e. The Morgan fingerprint density at radius 2 is 2.21 bits per heavy atom. The van der Waals surface area contributed by atoms with Crippen LogP contribution in [0.25, 0.3) is 0 Å². The molecule has 1 atom stereocenters. The number of benzene rings is 1. The molecule has 3 rings (SSSR count). The van der Waals surface area contributed by atoms with Gasteiger partial charge in [-0.2, -0.15) is 0 Å². The van der Waals surface area contributed by atoms with Crippen molar-refractivity contribution in [2.45, 2.75) is 44.3 Å². The summed E-state index contributed by atoms with van der Waals surface area (Å²) in [5.41, 5.74) is 1.73. The predicted molar refractivity (Wildman–Crippen MR) is 92.8 cm³/mol. The summed E-state index contributed by atoms with van der Waals surface area (Å²) in [6.07, 6.45) is 2.45. The van der Waals surface area contributed by atoms with Gasteiger partial charge in [-0.1, -0.05) is 18.7 Å². The summed E-state index contributed by atoms with van der Waals surface area (Å²) in [5.74, 6) is 0.950. The summed E-state index contributed by atoms with van der Waals surface area (Å²) in [7, 11) is 1.91. The van der Waals surface area contributed by atoms with Crippen molar-refractivity contribution in [1.82, 2.24) is 14.8 Å². The normalized spacial score (nSPS) is 17.0. The lowest BCUT2D eigenvalue weighted by Gasteiger charge is -2.35. The molecule has 0 fully saturated rings. The van der Waals surface area contributed by atoms with Crippen molar-refractivity contribution in [3.8, 4) is 0 Å². The number of rotatable bonds is 4. The lowest BCUT2D eigenvalue weighted by atomic mass is 9.96. The first-order chi connectivity index (χ1) is 11.5. The number of hydrogen-bond acceptors (Lipinski definition) is 4. The molecule has 128 valence electrons. The third kappa shape index (κ3) is 3.17. The maximum atomic E-state index is 13.4. The molecule has 0 aliphatic carbocycles. The van der Waals surface area contributed by atoms with Crippen molar-refractivity contribution in [2.24, 2.45) is 7.05 Å². The molecule has 0 saturated heterocycles. The molecular formula is C17H21FN4OS. The molecule has 1 aliphatic rings. The van der Waals surface area contributed by atoms with Crippen LogP contribution in [0.15, 0.2) is 23.4 Å². The number of aromatic nitrogens is 3. The van der Waals surface area contributed by atoms with Crippen LogP contribution in [0.2, 0.25) is 0 Å². The fraction of sp³-hybridized carbons (Fsp3) is 0.471. The first-order valence-electron chi connectivity index (χ1n) is 8.12. The summed E-state index contributed by atoms with van der Waals surface area (Å²) in [4.78, 5) is 14.6. The highest BCUT2D eigenvalue weighted by Crippen LogP contribution is 2.32. The maximum absolute atomic E-state index is 13.4. The third-order valence-electron chi connectivity index (χ3n) is 4.41. The van der Waals surface area contributed by atoms with Crippen molar-refractivity contribution in [2.75, 3.05) is 10.7 Å². The van der Waals surface area contributed by atoms with E-state index >= 15 is 0 Å². The van der Waals surface area contributed by atoms with Gasteiger partial charge < -0.3 is 9.47 Å². The van der Waals surface area contributed by atoms with E-state index < -0.39 is 0 Å². The number of carbonyl (C=O) groups is 1. The highest BCUT2D eigenvalue weighted by atomic mass is 32.2. The Morgan fingerprint density at radius 1 is 1.42 bits per heavy atom. The van der Waals surface area contributed by atoms with Gasteiger partial charge in [0.15, 0.2) is 5.16 Å². The second-order valence-electron chi connectivity index (χ2n) is 6.02. The minimum Gasteiger partial charge on any atom is -0.309 e. The number of aryl methyl sites for hydroxylation is 2. The second-order valence-corrected chi connectivity index (χ2v) is 6.97. The van der Waals surface area contributed by atoms with Crippen LogP contribution < -0.4 is 4.90 Å². The monoisotopic (exact) mass is 348 g/mol. The summed E-state index contributed by atoms with van der Waals surface area (Å²) < 4.78 is 15.4. The summed E-state index contributed by atoms with van der Waals surface area (Å²) in [6, 6.07) is 4.77. The Morgan fingerprint density at radius 3 is 2.92 bits per heavy atom. The van der Waals surface area contributed by atoms with E-state index in [-0.39, 0.29) is 23.5 Å². The Kier molecular flexibility index (Phi) is 4.89. The number of thioether (sulfide) groups is 1. The SMILES string of the molecule is CCc1nnc(SCC(=O)N2c3ccc(F)cc3CC[C@@H]2C)n1C. The summed E-state index contributed by atoms with van der Waals surface area (Å²) >= 11 is 1.39. The van der Waals surface area contributed by atoms with E-state index in [1.54, 1.807) is 11.0 Å². The van der Waals surface area contributed by atoms with Crippen LogP contribution in [0.3, 0.4) is 0 Å². The molecule has 2 heterocycles. The van der Waals surface area contributed by atoms with E-state index in [0.29, 0.717) is 0 Å². The molecule has 0 radical (unpaired) electrons. The van der Waals surface area contributed by atoms with Gasteiger partial charge in [0.2, 0.25) is 5.91 Å². The van der Waals surface area contributed by atoms with E-state index in [1.165, 1.54) is 23.9 Å². The molecule has 2 aromatic rings. The Hall–Kier alpha value is -1.89. The molecule has 1 aromatic carbocycles. The van der Waals surface area contributed by atoms with Crippen LogP contribution in [0.5, 0.6) is 0 Å². The highest BCUT2D eigenvalue weighted by molar-refractivity contribution is 7.99. The standard InChI is InChI=1S/C17H21FN4OS/c1-4-15-19-20-17(21(15)3)24-10-16(23)22-11(2)5-6-12-9-13(18)7-8-14(12)22/h7-9,11H,4-6,10H2,1-3H3/t11-/m0/s1. The van der Waals surface area contributed by atoms with E-state index in [0.717, 1.165) is 41.5 Å². The fourth-order valence-electron chi connectivity index (χ4n) is 3.07. The van der Waals surface area contributed by atoms with Crippen molar-refractivity contribution in [3.05, 3.63) is 35.4 Å². The quantitative estimate of drug-likeness (QED) is 0.797. The van der Waals surface area contributed by atoms with Gasteiger partial charge in [0, 0.05) is 25.2 Å². The smallest absolute Gasteiger partial charge is 0.237 e. The molecule has 1 aliphatic heterocycles. The van der Waals surface area contributed by atoms with E-state index in [4.69, 9.17) is 0 Å². The van der Waals surface area contributed by atoms with Gasteiger partial charge in [-0.25, -0.2) is 4.39 Å². The van der Waals surface area contributed by atoms with Gasteiger partial charge in [-0.15, -0.1) is 10.2 Å². The number of nitrogens with zero attached hydrogens (tertiary/aromatic N) is 4. The minimum atomic E-state index is -0.253. The van der Waals surface area contributed by atoms with Gasteiger partial charge in [-0.05, 0) is 43.5 Å². The van der Waals surface area contributed by atoms with Gasteiger partial charge in [0.1, 0.15) is 11.6 Å². The summed E-state index contributed by atoms with van der Waals surface area (Å²) in [5, 5.41) is 8.99. The van der Waals surface area contributed by atoms with Crippen LogP contribution in [-0.2, 0) is 24.7 Å². The van der Waals surface area contributed by atoms with Crippen LogP contribution in [0.4, 0.5) is 10.1 Å². The zero-order chi connectivity index (χ0) is 17.3. The highest BCUT2D eigenvalue weighted by Gasteiger charge is 2.28. The van der Waals surface area contributed by atoms with Crippen LogP contribution >= 0.6 is 11.8 Å².